The predicted octanol–water partition coefficient (Wildman–Crippen LogP) is 4.31. The highest BCUT2D eigenvalue weighted by Gasteiger charge is 2.37. The average Bonchev–Trinajstić information content (AvgIpc) is 2.90. The molecule has 2 aromatic rings. The Morgan fingerprint density at radius 2 is 1.82 bits per heavy atom. The van der Waals surface area contributed by atoms with Crippen LogP contribution in [0.15, 0.2) is 24.4 Å². The number of carbonyl (C=O) groups is 2. The van der Waals surface area contributed by atoms with Gasteiger partial charge in [-0.25, -0.2) is 9.97 Å². The van der Waals surface area contributed by atoms with Crippen LogP contribution < -0.4 is 20.7 Å². The minimum atomic E-state index is -4.62. The standard InChI is InChI=1S/C28H37F3N6O3/c1-17(38)33-22-7-5-4-6-18(22)14-24-21(28(29,30)31)16-32-27(36-24)35-23-9-8-19(15-25(23)40-3)26(39)34-20-10-12-37(2)13-11-20/h8-9,15-16,18,20,22H,4-7,10-14H2,1-3H3,(H,33,38)(H,34,39)(H,32,35,36)/t18-,22+/m1/s1. The summed E-state index contributed by atoms with van der Waals surface area (Å²) in [5.41, 5.74) is -0.187. The van der Waals surface area contributed by atoms with Crippen LogP contribution in [-0.2, 0) is 17.4 Å². The van der Waals surface area contributed by atoms with E-state index in [0.717, 1.165) is 51.4 Å². The van der Waals surface area contributed by atoms with Crippen LogP contribution in [-0.4, -0.2) is 66.0 Å². The van der Waals surface area contributed by atoms with Crippen molar-refractivity contribution in [3.63, 3.8) is 0 Å². The number of anilines is 2. The number of carbonyl (C=O) groups excluding carboxylic acids is 2. The Balaban J connectivity index is 1.53. The highest BCUT2D eigenvalue weighted by Crippen LogP contribution is 2.36. The molecule has 1 aromatic heterocycles. The SMILES string of the molecule is COc1cc(C(=O)NC2CCN(C)CC2)ccc1Nc1ncc(C(F)(F)F)c(C[C@H]2CCCC[C@@H]2NC(C)=O)n1. The molecule has 0 spiro atoms. The first-order valence-corrected chi connectivity index (χ1v) is 13.7. The highest BCUT2D eigenvalue weighted by molar-refractivity contribution is 5.95. The molecule has 1 aromatic carbocycles. The Morgan fingerprint density at radius 3 is 2.50 bits per heavy atom. The van der Waals surface area contributed by atoms with E-state index >= 15 is 0 Å². The summed E-state index contributed by atoms with van der Waals surface area (Å²) in [5.74, 6) is -0.267. The Labute approximate surface area is 232 Å². The van der Waals surface area contributed by atoms with Gasteiger partial charge < -0.3 is 25.6 Å². The largest absolute Gasteiger partial charge is 0.495 e. The number of benzene rings is 1. The lowest BCUT2D eigenvalue weighted by Gasteiger charge is -2.32. The molecule has 2 heterocycles. The number of methoxy groups -OCH3 is 1. The van der Waals surface area contributed by atoms with Gasteiger partial charge in [0.1, 0.15) is 5.75 Å². The van der Waals surface area contributed by atoms with Crippen molar-refractivity contribution < 1.29 is 27.5 Å². The number of alkyl halides is 3. The molecule has 2 amide bonds. The van der Waals surface area contributed by atoms with Gasteiger partial charge in [-0.05, 0) is 76.4 Å². The van der Waals surface area contributed by atoms with Gasteiger partial charge in [0.2, 0.25) is 11.9 Å². The van der Waals surface area contributed by atoms with E-state index in [4.69, 9.17) is 4.74 Å². The third-order valence-corrected chi connectivity index (χ3v) is 7.69. The summed E-state index contributed by atoms with van der Waals surface area (Å²) in [6, 6.07) is 4.72. The van der Waals surface area contributed by atoms with Crippen molar-refractivity contribution in [1.29, 1.82) is 0 Å². The number of amides is 2. The molecule has 1 saturated heterocycles. The maximum Gasteiger partial charge on any atom is 0.419 e. The third-order valence-electron chi connectivity index (χ3n) is 7.69. The molecule has 218 valence electrons. The highest BCUT2D eigenvalue weighted by atomic mass is 19.4. The molecule has 2 aliphatic rings. The maximum atomic E-state index is 13.9. The fourth-order valence-electron chi connectivity index (χ4n) is 5.50. The van der Waals surface area contributed by atoms with Crippen LogP contribution in [0.2, 0.25) is 0 Å². The van der Waals surface area contributed by atoms with Gasteiger partial charge in [-0.15, -0.1) is 0 Å². The van der Waals surface area contributed by atoms with Crippen LogP contribution in [0.3, 0.4) is 0 Å². The maximum absolute atomic E-state index is 13.9. The summed E-state index contributed by atoms with van der Waals surface area (Å²) >= 11 is 0. The number of hydrogen-bond acceptors (Lipinski definition) is 7. The van der Waals surface area contributed by atoms with Gasteiger partial charge >= 0.3 is 6.18 Å². The molecule has 2 atom stereocenters. The van der Waals surface area contributed by atoms with E-state index in [1.165, 1.54) is 14.0 Å². The van der Waals surface area contributed by atoms with E-state index in [1.54, 1.807) is 18.2 Å². The van der Waals surface area contributed by atoms with Crippen LogP contribution in [0, 0.1) is 5.92 Å². The first-order valence-electron chi connectivity index (χ1n) is 13.7. The quantitative estimate of drug-likeness (QED) is 0.440. The molecule has 3 N–H and O–H groups in total. The zero-order valence-corrected chi connectivity index (χ0v) is 23.1. The summed E-state index contributed by atoms with van der Waals surface area (Å²) in [6.07, 6.45) is 1.19. The smallest absolute Gasteiger partial charge is 0.419 e. The summed E-state index contributed by atoms with van der Waals surface area (Å²) in [7, 11) is 3.50. The van der Waals surface area contributed by atoms with E-state index in [1.807, 2.05) is 0 Å². The Kier molecular flexibility index (Phi) is 9.49. The van der Waals surface area contributed by atoms with E-state index in [-0.39, 0.29) is 47.9 Å². The van der Waals surface area contributed by atoms with Gasteiger partial charge in [-0.1, -0.05) is 12.8 Å². The molecule has 0 bridgehead atoms. The number of likely N-dealkylation sites (tertiary alicyclic amines) is 1. The second-order valence-electron chi connectivity index (χ2n) is 10.7. The summed E-state index contributed by atoms with van der Waals surface area (Å²) < 4.78 is 47.1. The predicted molar refractivity (Wildman–Crippen MR) is 145 cm³/mol. The van der Waals surface area contributed by atoms with Gasteiger partial charge in [0.25, 0.3) is 5.91 Å². The lowest BCUT2D eigenvalue weighted by Crippen LogP contribution is -2.43. The molecule has 1 aliphatic carbocycles. The van der Waals surface area contributed by atoms with Crippen LogP contribution in [0.1, 0.15) is 67.1 Å². The molecule has 40 heavy (non-hydrogen) atoms. The summed E-state index contributed by atoms with van der Waals surface area (Å²) in [5, 5.41) is 8.90. The number of aromatic nitrogens is 2. The molecular formula is C28H37F3N6O3. The van der Waals surface area contributed by atoms with Crippen LogP contribution in [0.25, 0.3) is 0 Å². The van der Waals surface area contributed by atoms with Crippen LogP contribution in [0.5, 0.6) is 5.75 Å². The second-order valence-corrected chi connectivity index (χ2v) is 10.7. The average molecular weight is 563 g/mol. The molecular weight excluding hydrogens is 525 g/mol. The zero-order chi connectivity index (χ0) is 28.9. The molecule has 12 heteroatoms. The van der Waals surface area contributed by atoms with E-state index in [9.17, 15) is 22.8 Å². The lowest BCUT2D eigenvalue weighted by atomic mass is 9.81. The molecule has 0 radical (unpaired) electrons. The topological polar surface area (TPSA) is 108 Å². The monoisotopic (exact) mass is 562 g/mol. The molecule has 0 unspecified atom stereocenters. The molecule has 1 saturated carbocycles. The molecule has 2 fully saturated rings. The number of nitrogens with zero attached hydrogens (tertiary/aromatic N) is 3. The Bertz CT molecular complexity index is 1200. The van der Waals surface area contributed by atoms with Gasteiger partial charge in [-0.3, -0.25) is 9.59 Å². The molecule has 9 nitrogen and oxygen atoms in total. The van der Waals surface area contributed by atoms with Crippen molar-refractivity contribution in [3.05, 3.63) is 41.2 Å². The summed E-state index contributed by atoms with van der Waals surface area (Å²) in [4.78, 5) is 34.9. The first kappa shape index (κ1) is 29.6. The number of rotatable bonds is 8. The normalized spacial score (nSPS) is 20.6. The fraction of sp³-hybridized carbons (Fsp3) is 0.571. The van der Waals surface area contributed by atoms with E-state index in [2.05, 4.69) is 37.9 Å². The minimum Gasteiger partial charge on any atom is -0.495 e. The second kappa shape index (κ2) is 12.8. The van der Waals surface area contributed by atoms with Crippen molar-refractivity contribution in [2.45, 2.75) is 70.1 Å². The number of hydrogen-bond donors (Lipinski definition) is 3. The first-order chi connectivity index (χ1) is 19.0. The van der Waals surface area contributed by atoms with Gasteiger partial charge in [0, 0.05) is 30.8 Å². The number of halogens is 3. The zero-order valence-electron chi connectivity index (χ0n) is 23.1. The van der Waals surface area contributed by atoms with Crippen molar-refractivity contribution in [3.8, 4) is 5.75 Å². The summed E-state index contributed by atoms with van der Waals surface area (Å²) in [6.45, 7) is 3.25. The molecule has 1 aliphatic heterocycles. The number of nitrogens with one attached hydrogen (secondary N) is 3. The van der Waals surface area contributed by atoms with Crippen LogP contribution in [0.4, 0.5) is 24.8 Å². The van der Waals surface area contributed by atoms with Gasteiger partial charge in [0.15, 0.2) is 0 Å². The van der Waals surface area contributed by atoms with Crippen molar-refractivity contribution in [2.24, 2.45) is 5.92 Å². The Morgan fingerprint density at radius 1 is 1.10 bits per heavy atom. The Hall–Kier alpha value is -3.41. The van der Waals surface area contributed by atoms with Crippen molar-refractivity contribution >= 4 is 23.5 Å². The van der Waals surface area contributed by atoms with E-state index < -0.39 is 11.7 Å². The van der Waals surface area contributed by atoms with Crippen LogP contribution >= 0.6 is 0 Å². The van der Waals surface area contributed by atoms with E-state index in [0.29, 0.717) is 23.4 Å². The van der Waals surface area contributed by atoms with Gasteiger partial charge in [0.05, 0.1) is 24.1 Å². The number of ether oxygens (including phenoxy) is 1. The van der Waals surface area contributed by atoms with Crippen molar-refractivity contribution in [2.75, 3.05) is 32.6 Å². The molecule has 4 rings (SSSR count). The van der Waals surface area contributed by atoms with Gasteiger partial charge in [-0.2, -0.15) is 13.2 Å². The van der Waals surface area contributed by atoms with Crippen molar-refractivity contribution in [1.82, 2.24) is 25.5 Å². The number of piperidine rings is 1. The minimum absolute atomic E-state index is 0.0169. The third kappa shape index (κ3) is 7.61. The lowest BCUT2D eigenvalue weighted by molar-refractivity contribution is -0.139. The fourth-order valence-corrected chi connectivity index (χ4v) is 5.50.